The van der Waals surface area contributed by atoms with Gasteiger partial charge in [0, 0.05) is 63.4 Å². The largest absolute Gasteiger partial charge is 0.497 e. The Bertz CT molecular complexity index is 1390. The molecule has 1 aliphatic rings. The summed E-state index contributed by atoms with van der Waals surface area (Å²) in [6, 6.07) is 33.5. The molecular weight excluding hydrogens is 526 g/mol. The van der Waals surface area contributed by atoms with Crippen molar-refractivity contribution in [1.82, 2.24) is 0 Å². The number of anilines is 3. The number of ether oxygens (including phenoxy) is 4. The Morgan fingerprint density at radius 3 is 2.05 bits per heavy atom. The predicted molar refractivity (Wildman–Crippen MR) is 171 cm³/mol. The number of morpholine rings is 1. The third-order valence-corrected chi connectivity index (χ3v) is 7.35. The van der Waals surface area contributed by atoms with Crippen LogP contribution in [0, 0.1) is 0 Å². The topological polar surface area (TPSA) is 46.6 Å². The molecule has 7 heteroatoms. The van der Waals surface area contributed by atoms with Gasteiger partial charge in [-0.1, -0.05) is 30.3 Å². The highest BCUT2D eigenvalue weighted by Gasteiger charge is 2.13. The first kappa shape index (κ1) is 29.1. The van der Waals surface area contributed by atoms with E-state index in [0.717, 1.165) is 68.0 Å². The smallest absolute Gasteiger partial charge is 0.122 e. The molecule has 0 unspecified atom stereocenters. The van der Waals surface area contributed by atoms with Crippen LogP contribution in [0.3, 0.4) is 0 Å². The molecule has 1 heterocycles. The molecule has 220 valence electrons. The van der Waals surface area contributed by atoms with Gasteiger partial charge in [0.25, 0.3) is 0 Å². The molecule has 0 amide bonds. The lowest BCUT2D eigenvalue weighted by Crippen LogP contribution is -2.36. The van der Waals surface area contributed by atoms with E-state index < -0.39 is 0 Å². The zero-order valence-electron chi connectivity index (χ0n) is 24.9. The van der Waals surface area contributed by atoms with Crippen molar-refractivity contribution in [2.75, 3.05) is 75.4 Å². The zero-order valence-corrected chi connectivity index (χ0v) is 24.9. The zero-order chi connectivity index (χ0) is 29.1. The molecule has 5 rings (SSSR count). The summed E-state index contributed by atoms with van der Waals surface area (Å²) in [7, 11) is 5.75. The van der Waals surface area contributed by atoms with Crippen molar-refractivity contribution in [1.29, 1.82) is 0 Å². The van der Waals surface area contributed by atoms with Crippen molar-refractivity contribution in [3.8, 4) is 17.2 Å². The predicted octanol–water partition coefficient (Wildman–Crippen LogP) is 6.26. The molecule has 0 saturated carbocycles. The molecule has 0 N–H and O–H groups in total. The van der Waals surface area contributed by atoms with Crippen LogP contribution < -0.4 is 28.9 Å². The minimum Gasteiger partial charge on any atom is -0.497 e. The standard InChI is InChI=1S/C35H41N3O4/c1-36(2)32-7-5-9-35(25-32)42-23-22-41-33-16-14-31(15-17-33)38(27-29-6-4-8-34(24-29)39-3)26-28-10-12-30(13-11-28)37-18-20-40-21-19-37/h4-17,24-25H,18-23,26-27H2,1-3H3. The van der Waals surface area contributed by atoms with Crippen LogP contribution in [-0.2, 0) is 17.8 Å². The molecule has 0 bridgehead atoms. The fourth-order valence-electron chi connectivity index (χ4n) is 5.01. The second kappa shape index (κ2) is 14.5. The molecule has 0 aromatic heterocycles. The summed E-state index contributed by atoms with van der Waals surface area (Å²) in [6.07, 6.45) is 0. The monoisotopic (exact) mass is 567 g/mol. The van der Waals surface area contributed by atoms with Crippen LogP contribution in [-0.4, -0.2) is 60.7 Å². The second-order valence-electron chi connectivity index (χ2n) is 10.6. The highest BCUT2D eigenvalue weighted by molar-refractivity contribution is 5.53. The third-order valence-electron chi connectivity index (χ3n) is 7.35. The first-order chi connectivity index (χ1) is 20.6. The Labute approximate surface area is 249 Å². The Morgan fingerprint density at radius 2 is 1.33 bits per heavy atom. The van der Waals surface area contributed by atoms with Crippen molar-refractivity contribution in [3.63, 3.8) is 0 Å². The number of methoxy groups -OCH3 is 1. The van der Waals surface area contributed by atoms with Gasteiger partial charge in [0.2, 0.25) is 0 Å². The molecule has 1 fully saturated rings. The van der Waals surface area contributed by atoms with Gasteiger partial charge in [0.1, 0.15) is 30.5 Å². The van der Waals surface area contributed by atoms with Crippen LogP contribution in [0.15, 0.2) is 97.1 Å². The second-order valence-corrected chi connectivity index (χ2v) is 10.6. The Kier molecular flexibility index (Phi) is 10.1. The summed E-state index contributed by atoms with van der Waals surface area (Å²) in [5.41, 5.74) is 5.92. The van der Waals surface area contributed by atoms with Gasteiger partial charge < -0.3 is 33.6 Å². The molecular formula is C35H41N3O4. The quantitative estimate of drug-likeness (QED) is 0.177. The minimum absolute atomic E-state index is 0.467. The van der Waals surface area contributed by atoms with Crippen LogP contribution in [0.1, 0.15) is 11.1 Å². The van der Waals surface area contributed by atoms with E-state index in [1.54, 1.807) is 7.11 Å². The first-order valence-corrected chi connectivity index (χ1v) is 14.5. The maximum absolute atomic E-state index is 5.99. The maximum Gasteiger partial charge on any atom is 0.122 e. The summed E-state index contributed by atoms with van der Waals surface area (Å²) in [4.78, 5) is 6.82. The lowest BCUT2D eigenvalue weighted by atomic mass is 10.1. The number of benzene rings is 4. The Morgan fingerprint density at radius 1 is 0.667 bits per heavy atom. The van der Waals surface area contributed by atoms with Gasteiger partial charge in [-0.05, 0) is 71.8 Å². The summed E-state index contributed by atoms with van der Waals surface area (Å²) < 4.78 is 22.9. The fourth-order valence-corrected chi connectivity index (χ4v) is 5.01. The first-order valence-electron chi connectivity index (χ1n) is 14.5. The Balaban J connectivity index is 1.23. The average molecular weight is 568 g/mol. The number of hydrogen-bond donors (Lipinski definition) is 0. The van der Waals surface area contributed by atoms with Crippen LogP contribution in [0.4, 0.5) is 17.1 Å². The van der Waals surface area contributed by atoms with E-state index in [4.69, 9.17) is 18.9 Å². The molecule has 0 spiro atoms. The van der Waals surface area contributed by atoms with Gasteiger partial charge >= 0.3 is 0 Å². The van der Waals surface area contributed by atoms with Gasteiger partial charge in [-0.25, -0.2) is 0 Å². The summed E-state index contributed by atoms with van der Waals surface area (Å²) >= 11 is 0. The number of rotatable bonds is 13. The minimum atomic E-state index is 0.467. The molecule has 1 saturated heterocycles. The van der Waals surface area contributed by atoms with Crippen molar-refractivity contribution in [3.05, 3.63) is 108 Å². The van der Waals surface area contributed by atoms with Crippen LogP contribution >= 0.6 is 0 Å². The summed E-state index contributed by atoms with van der Waals surface area (Å²) in [5.74, 6) is 2.52. The normalized spacial score (nSPS) is 13.0. The van der Waals surface area contributed by atoms with E-state index in [-0.39, 0.29) is 0 Å². The molecule has 1 aliphatic heterocycles. The third kappa shape index (κ3) is 8.10. The summed E-state index contributed by atoms with van der Waals surface area (Å²) in [6.45, 7) is 5.91. The van der Waals surface area contributed by atoms with Gasteiger partial charge in [0.05, 0.1) is 20.3 Å². The van der Waals surface area contributed by atoms with E-state index in [2.05, 4.69) is 69.3 Å². The van der Waals surface area contributed by atoms with Crippen LogP contribution in [0.5, 0.6) is 17.2 Å². The fraction of sp³-hybridized carbons (Fsp3) is 0.314. The van der Waals surface area contributed by atoms with E-state index in [1.165, 1.54) is 16.8 Å². The van der Waals surface area contributed by atoms with Gasteiger partial charge in [-0.3, -0.25) is 0 Å². The lowest BCUT2D eigenvalue weighted by Gasteiger charge is -2.29. The molecule has 0 radical (unpaired) electrons. The summed E-state index contributed by atoms with van der Waals surface area (Å²) in [5, 5.41) is 0. The molecule has 7 nitrogen and oxygen atoms in total. The molecule has 4 aromatic rings. The Hall–Kier alpha value is -4.36. The van der Waals surface area contributed by atoms with Crippen LogP contribution in [0.2, 0.25) is 0 Å². The SMILES string of the molecule is COc1cccc(CN(Cc2ccc(N3CCOCC3)cc2)c2ccc(OCCOc3cccc(N(C)C)c3)cc2)c1. The lowest BCUT2D eigenvalue weighted by molar-refractivity contribution is 0.122. The van der Waals surface area contributed by atoms with E-state index in [0.29, 0.717) is 13.2 Å². The van der Waals surface area contributed by atoms with Gasteiger partial charge in [-0.15, -0.1) is 0 Å². The van der Waals surface area contributed by atoms with E-state index in [1.807, 2.05) is 56.6 Å². The highest BCUT2D eigenvalue weighted by atomic mass is 16.5. The molecule has 0 atom stereocenters. The van der Waals surface area contributed by atoms with E-state index in [9.17, 15) is 0 Å². The number of nitrogens with zero attached hydrogens (tertiary/aromatic N) is 3. The van der Waals surface area contributed by atoms with Gasteiger partial charge in [-0.2, -0.15) is 0 Å². The molecule has 4 aromatic carbocycles. The van der Waals surface area contributed by atoms with Crippen molar-refractivity contribution >= 4 is 17.1 Å². The molecule has 0 aliphatic carbocycles. The van der Waals surface area contributed by atoms with Crippen molar-refractivity contribution in [2.24, 2.45) is 0 Å². The average Bonchev–Trinajstić information content (AvgIpc) is 3.04. The van der Waals surface area contributed by atoms with Crippen LogP contribution in [0.25, 0.3) is 0 Å². The van der Waals surface area contributed by atoms with Crippen molar-refractivity contribution < 1.29 is 18.9 Å². The number of hydrogen-bond acceptors (Lipinski definition) is 7. The van der Waals surface area contributed by atoms with Crippen molar-refractivity contribution in [2.45, 2.75) is 13.1 Å². The highest BCUT2D eigenvalue weighted by Crippen LogP contribution is 2.26. The van der Waals surface area contributed by atoms with Gasteiger partial charge in [0.15, 0.2) is 0 Å². The molecule has 42 heavy (non-hydrogen) atoms. The maximum atomic E-state index is 5.99. The van der Waals surface area contributed by atoms with E-state index >= 15 is 0 Å².